The molecule has 0 spiro atoms. The highest BCUT2D eigenvalue weighted by Crippen LogP contribution is 2.33. The summed E-state index contributed by atoms with van der Waals surface area (Å²) >= 11 is 0. The van der Waals surface area contributed by atoms with Gasteiger partial charge in [0.2, 0.25) is 0 Å². The van der Waals surface area contributed by atoms with Crippen molar-refractivity contribution >= 4 is 11.9 Å². The number of phenolic OH excluding ortho intramolecular Hbond substituents is 1. The largest absolute Gasteiger partial charge is 0.504 e. The van der Waals surface area contributed by atoms with Crippen LogP contribution in [0, 0.1) is 0 Å². The molecule has 0 aliphatic rings. The molecule has 24 heavy (non-hydrogen) atoms. The summed E-state index contributed by atoms with van der Waals surface area (Å²) in [4.78, 5) is 12.3. The molecule has 2 aromatic carbocycles. The Morgan fingerprint density at radius 2 is 1.79 bits per heavy atom. The first-order valence-electron chi connectivity index (χ1n) is 7.46. The predicted octanol–water partition coefficient (Wildman–Crippen LogP) is 2.84. The van der Waals surface area contributed by atoms with Gasteiger partial charge in [-0.1, -0.05) is 12.1 Å². The molecule has 0 amide bonds. The summed E-state index contributed by atoms with van der Waals surface area (Å²) in [5.41, 5.74) is 1.90. The normalized spacial score (nSPS) is 10.8. The number of hydrogen-bond donors (Lipinski definition) is 2. The maximum Gasteiger partial charge on any atom is 0.185 e. The molecule has 0 radical (unpaired) electrons. The molecule has 0 aliphatic heterocycles. The van der Waals surface area contributed by atoms with Crippen LogP contribution in [0.15, 0.2) is 42.5 Å². The van der Waals surface area contributed by atoms with Crippen LogP contribution in [-0.2, 0) is 6.42 Å². The summed E-state index contributed by atoms with van der Waals surface area (Å²) in [7, 11) is 3.02. The van der Waals surface area contributed by atoms with E-state index in [1.54, 1.807) is 43.5 Å². The fourth-order valence-corrected chi connectivity index (χ4v) is 2.40. The average Bonchev–Trinajstić information content (AvgIpc) is 2.61. The summed E-state index contributed by atoms with van der Waals surface area (Å²) < 4.78 is 10.3. The van der Waals surface area contributed by atoms with E-state index in [2.05, 4.69) is 0 Å². The van der Waals surface area contributed by atoms with Gasteiger partial charge in [0.15, 0.2) is 17.3 Å². The first-order chi connectivity index (χ1) is 11.6. The highest BCUT2D eigenvalue weighted by molar-refractivity contribution is 6.07. The molecule has 126 valence electrons. The first kappa shape index (κ1) is 17.6. The molecule has 5 heteroatoms. The number of benzene rings is 2. The van der Waals surface area contributed by atoms with Gasteiger partial charge in [0.1, 0.15) is 5.75 Å². The van der Waals surface area contributed by atoms with Crippen LogP contribution in [0.25, 0.3) is 6.08 Å². The molecule has 2 N–H and O–H groups in total. The Morgan fingerprint density at radius 1 is 1.08 bits per heavy atom. The molecule has 0 aliphatic carbocycles. The van der Waals surface area contributed by atoms with Crippen molar-refractivity contribution in [2.45, 2.75) is 6.42 Å². The van der Waals surface area contributed by atoms with Crippen molar-refractivity contribution in [2.75, 3.05) is 20.8 Å². The van der Waals surface area contributed by atoms with E-state index in [0.29, 0.717) is 34.6 Å². The van der Waals surface area contributed by atoms with Gasteiger partial charge in [-0.05, 0) is 48.4 Å². The summed E-state index contributed by atoms with van der Waals surface area (Å²) in [6.45, 7) is -0.0902. The average molecular weight is 328 g/mol. The van der Waals surface area contributed by atoms with Crippen molar-refractivity contribution in [1.82, 2.24) is 0 Å². The molecule has 0 aromatic heterocycles. The number of rotatable bonds is 7. The highest BCUT2D eigenvalue weighted by Gasteiger charge is 2.12. The SMILES string of the molecule is COc1ccc(C(=O)C=Cc2ccc(O)c(OC)c2CCO)cc1. The number of hydrogen-bond acceptors (Lipinski definition) is 5. The Morgan fingerprint density at radius 3 is 2.38 bits per heavy atom. The lowest BCUT2D eigenvalue weighted by Crippen LogP contribution is -2.00. The van der Waals surface area contributed by atoms with E-state index < -0.39 is 0 Å². The maximum absolute atomic E-state index is 12.3. The minimum atomic E-state index is -0.153. The number of carbonyl (C=O) groups excluding carboxylic acids is 1. The summed E-state index contributed by atoms with van der Waals surface area (Å²) in [5, 5.41) is 19.1. The van der Waals surface area contributed by atoms with Gasteiger partial charge in [0.25, 0.3) is 0 Å². The second-order valence-corrected chi connectivity index (χ2v) is 5.09. The van der Waals surface area contributed by atoms with Crippen molar-refractivity contribution in [3.8, 4) is 17.2 Å². The van der Waals surface area contributed by atoms with E-state index in [1.807, 2.05) is 0 Å². The van der Waals surface area contributed by atoms with Crippen LogP contribution in [0.2, 0.25) is 0 Å². The van der Waals surface area contributed by atoms with Gasteiger partial charge in [-0.2, -0.15) is 0 Å². The molecular weight excluding hydrogens is 308 g/mol. The van der Waals surface area contributed by atoms with Gasteiger partial charge in [0, 0.05) is 17.7 Å². The van der Waals surface area contributed by atoms with Crippen molar-refractivity contribution in [2.24, 2.45) is 0 Å². The summed E-state index contributed by atoms with van der Waals surface area (Å²) in [6, 6.07) is 10.0. The number of allylic oxidation sites excluding steroid dienone is 1. The molecule has 2 aromatic rings. The van der Waals surface area contributed by atoms with Crippen LogP contribution < -0.4 is 9.47 Å². The van der Waals surface area contributed by atoms with Crippen molar-refractivity contribution in [3.05, 3.63) is 59.2 Å². The third-order valence-electron chi connectivity index (χ3n) is 3.63. The van der Waals surface area contributed by atoms with Crippen molar-refractivity contribution < 1.29 is 24.5 Å². The molecule has 0 bridgehead atoms. The second kappa shape index (κ2) is 8.17. The zero-order chi connectivity index (χ0) is 17.5. The Labute approximate surface area is 140 Å². The number of ether oxygens (including phenoxy) is 2. The van der Waals surface area contributed by atoms with Crippen LogP contribution in [0.3, 0.4) is 0 Å². The molecule has 0 atom stereocenters. The summed E-state index contributed by atoms with van der Waals surface area (Å²) in [5.74, 6) is 0.839. The zero-order valence-electron chi connectivity index (χ0n) is 13.7. The second-order valence-electron chi connectivity index (χ2n) is 5.09. The van der Waals surface area contributed by atoms with Gasteiger partial charge >= 0.3 is 0 Å². The van der Waals surface area contributed by atoms with E-state index in [0.717, 1.165) is 0 Å². The fraction of sp³-hybridized carbons (Fsp3) is 0.211. The molecule has 2 rings (SSSR count). The first-order valence-corrected chi connectivity index (χ1v) is 7.46. The van der Waals surface area contributed by atoms with Crippen molar-refractivity contribution in [3.63, 3.8) is 0 Å². The molecular formula is C19H20O5. The van der Waals surface area contributed by atoms with Crippen LogP contribution in [0.5, 0.6) is 17.2 Å². The lowest BCUT2D eigenvalue weighted by molar-refractivity contribution is 0.104. The molecule has 0 unspecified atom stereocenters. The van der Waals surface area contributed by atoms with Crippen LogP contribution in [0.1, 0.15) is 21.5 Å². The fourth-order valence-electron chi connectivity index (χ4n) is 2.40. The monoisotopic (exact) mass is 328 g/mol. The minimum Gasteiger partial charge on any atom is -0.504 e. The van der Waals surface area contributed by atoms with E-state index in [-0.39, 0.29) is 18.1 Å². The molecule has 0 saturated heterocycles. The van der Waals surface area contributed by atoms with E-state index in [4.69, 9.17) is 9.47 Å². The Hall–Kier alpha value is -2.79. The van der Waals surface area contributed by atoms with Crippen molar-refractivity contribution in [1.29, 1.82) is 0 Å². The number of ketones is 1. The van der Waals surface area contributed by atoms with E-state index in [9.17, 15) is 15.0 Å². The number of phenols is 1. The molecule has 0 heterocycles. The zero-order valence-corrected chi connectivity index (χ0v) is 13.7. The smallest absolute Gasteiger partial charge is 0.185 e. The molecule has 0 saturated carbocycles. The quantitative estimate of drug-likeness (QED) is 0.604. The number of carbonyl (C=O) groups is 1. The van der Waals surface area contributed by atoms with Gasteiger partial charge in [-0.25, -0.2) is 0 Å². The third-order valence-corrected chi connectivity index (χ3v) is 3.63. The minimum absolute atomic E-state index is 0.000388. The lowest BCUT2D eigenvalue weighted by atomic mass is 10.0. The number of aromatic hydroxyl groups is 1. The van der Waals surface area contributed by atoms with E-state index >= 15 is 0 Å². The number of aliphatic hydroxyl groups excluding tert-OH is 1. The predicted molar refractivity (Wildman–Crippen MR) is 91.8 cm³/mol. The summed E-state index contributed by atoms with van der Waals surface area (Å²) in [6.07, 6.45) is 3.42. The highest BCUT2D eigenvalue weighted by atomic mass is 16.5. The molecule has 5 nitrogen and oxygen atoms in total. The Balaban J connectivity index is 2.28. The number of methoxy groups -OCH3 is 2. The number of aliphatic hydroxyl groups is 1. The maximum atomic E-state index is 12.3. The topological polar surface area (TPSA) is 76.0 Å². The van der Waals surface area contributed by atoms with Crippen LogP contribution in [0.4, 0.5) is 0 Å². The van der Waals surface area contributed by atoms with Crippen LogP contribution in [-0.4, -0.2) is 36.8 Å². The van der Waals surface area contributed by atoms with Gasteiger partial charge in [0.05, 0.1) is 14.2 Å². The van der Waals surface area contributed by atoms with Crippen LogP contribution >= 0.6 is 0 Å². The third kappa shape index (κ3) is 3.94. The Kier molecular flexibility index (Phi) is 5.98. The standard InChI is InChI=1S/C19H20O5/c1-23-15-7-3-14(4-8-15)17(21)9-5-13-6-10-18(22)19(24-2)16(13)11-12-20/h3-10,20,22H,11-12H2,1-2H3. The van der Waals surface area contributed by atoms with Gasteiger partial charge in [-0.3, -0.25) is 4.79 Å². The van der Waals surface area contributed by atoms with Gasteiger partial charge < -0.3 is 19.7 Å². The van der Waals surface area contributed by atoms with E-state index in [1.165, 1.54) is 19.3 Å². The van der Waals surface area contributed by atoms with Gasteiger partial charge in [-0.15, -0.1) is 0 Å². The lowest BCUT2D eigenvalue weighted by Gasteiger charge is -2.12. The molecule has 0 fully saturated rings. The Bertz CT molecular complexity index is 732.